The van der Waals surface area contributed by atoms with Crippen LogP contribution >= 0.6 is 11.3 Å². The Bertz CT molecular complexity index is 805. The molecule has 20 heavy (non-hydrogen) atoms. The van der Waals surface area contributed by atoms with Gasteiger partial charge in [0.2, 0.25) is 0 Å². The topological polar surface area (TPSA) is 98.7 Å². The summed E-state index contributed by atoms with van der Waals surface area (Å²) in [5.74, 6) is -0.262. The molecule has 0 aromatic carbocycles. The zero-order valence-electron chi connectivity index (χ0n) is 10.9. The molecule has 8 heteroatoms. The Morgan fingerprint density at radius 1 is 1.50 bits per heavy atom. The lowest BCUT2D eigenvalue weighted by atomic mass is 10.2. The van der Waals surface area contributed by atoms with E-state index in [1.807, 2.05) is 6.92 Å². The Morgan fingerprint density at radius 2 is 2.30 bits per heavy atom. The third kappa shape index (κ3) is 1.99. The van der Waals surface area contributed by atoms with Gasteiger partial charge in [-0.1, -0.05) is 0 Å². The molecular weight excluding hydrogens is 276 g/mol. The fraction of sp³-hybridized carbons (Fsp3) is 0.167. The molecule has 0 aliphatic carbocycles. The number of thiophene rings is 1. The van der Waals surface area contributed by atoms with Crippen LogP contribution in [0.4, 0.5) is 11.4 Å². The molecule has 7 nitrogen and oxygen atoms in total. The SMILES string of the molecule is Cc1nn(C)cc1NC(=O)c1sc2nnccc2c1N. The number of aromatic nitrogens is 4. The maximum atomic E-state index is 12.3. The van der Waals surface area contributed by atoms with Crippen molar-refractivity contribution in [2.45, 2.75) is 6.92 Å². The van der Waals surface area contributed by atoms with Crippen molar-refractivity contribution in [3.05, 3.63) is 29.0 Å². The second-order valence-electron chi connectivity index (χ2n) is 4.35. The average molecular weight is 288 g/mol. The molecule has 102 valence electrons. The van der Waals surface area contributed by atoms with E-state index >= 15 is 0 Å². The van der Waals surface area contributed by atoms with Gasteiger partial charge in [0.1, 0.15) is 9.71 Å². The summed E-state index contributed by atoms with van der Waals surface area (Å²) in [5, 5.41) is 15.5. The highest BCUT2D eigenvalue weighted by Gasteiger charge is 2.18. The van der Waals surface area contributed by atoms with Gasteiger partial charge in [-0.15, -0.1) is 16.4 Å². The maximum absolute atomic E-state index is 12.3. The van der Waals surface area contributed by atoms with Crippen molar-refractivity contribution in [3.63, 3.8) is 0 Å². The summed E-state index contributed by atoms with van der Waals surface area (Å²) in [4.78, 5) is 13.4. The van der Waals surface area contributed by atoms with Gasteiger partial charge in [-0.25, -0.2) is 0 Å². The minimum atomic E-state index is -0.262. The van der Waals surface area contributed by atoms with Crippen LogP contribution in [0.25, 0.3) is 10.2 Å². The Kier molecular flexibility index (Phi) is 2.87. The third-order valence-corrected chi connectivity index (χ3v) is 3.99. The number of hydrogen-bond acceptors (Lipinski definition) is 6. The largest absolute Gasteiger partial charge is 0.397 e. The molecule has 3 aromatic heterocycles. The van der Waals surface area contributed by atoms with E-state index in [1.165, 1.54) is 11.3 Å². The van der Waals surface area contributed by atoms with Crippen LogP contribution in [-0.2, 0) is 7.05 Å². The number of fused-ring (bicyclic) bond motifs is 1. The van der Waals surface area contributed by atoms with Gasteiger partial charge in [-0.2, -0.15) is 10.2 Å². The normalized spacial score (nSPS) is 10.9. The molecule has 0 fully saturated rings. The van der Waals surface area contributed by atoms with Gasteiger partial charge in [0.15, 0.2) is 0 Å². The van der Waals surface area contributed by atoms with Crippen LogP contribution in [0.2, 0.25) is 0 Å². The molecule has 3 aromatic rings. The summed E-state index contributed by atoms with van der Waals surface area (Å²) in [6, 6.07) is 1.75. The number of nitrogens with one attached hydrogen (secondary N) is 1. The summed E-state index contributed by atoms with van der Waals surface area (Å²) in [5.41, 5.74) is 7.84. The lowest BCUT2D eigenvalue weighted by Crippen LogP contribution is -2.12. The Morgan fingerprint density at radius 3 is 2.95 bits per heavy atom. The van der Waals surface area contributed by atoms with Gasteiger partial charge in [-0.05, 0) is 13.0 Å². The number of amides is 1. The first kappa shape index (κ1) is 12.5. The first-order chi connectivity index (χ1) is 9.56. The minimum absolute atomic E-state index is 0.262. The van der Waals surface area contributed by atoms with Gasteiger partial charge in [-0.3, -0.25) is 9.48 Å². The van der Waals surface area contributed by atoms with Crippen molar-refractivity contribution >= 4 is 38.8 Å². The van der Waals surface area contributed by atoms with Crippen molar-refractivity contribution in [2.75, 3.05) is 11.1 Å². The summed E-state index contributed by atoms with van der Waals surface area (Å²) < 4.78 is 1.64. The minimum Gasteiger partial charge on any atom is -0.397 e. The van der Waals surface area contributed by atoms with E-state index in [0.29, 0.717) is 21.1 Å². The monoisotopic (exact) mass is 288 g/mol. The van der Waals surface area contributed by atoms with Gasteiger partial charge in [0.05, 0.1) is 23.3 Å². The average Bonchev–Trinajstić information content (AvgIpc) is 2.91. The highest BCUT2D eigenvalue weighted by molar-refractivity contribution is 7.21. The molecule has 0 saturated carbocycles. The third-order valence-electron chi connectivity index (χ3n) is 2.89. The second-order valence-corrected chi connectivity index (χ2v) is 5.35. The Labute approximate surface area is 118 Å². The van der Waals surface area contributed by atoms with Crippen molar-refractivity contribution in [2.24, 2.45) is 7.05 Å². The summed E-state index contributed by atoms with van der Waals surface area (Å²) in [6.07, 6.45) is 3.30. The number of nitrogen functional groups attached to an aromatic ring is 1. The lowest BCUT2D eigenvalue weighted by molar-refractivity contribution is 0.103. The molecule has 1 amide bonds. The van der Waals surface area contributed by atoms with Crippen LogP contribution in [0, 0.1) is 6.92 Å². The molecule has 3 rings (SSSR count). The highest BCUT2D eigenvalue weighted by atomic mass is 32.1. The first-order valence-electron chi connectivity index (χ1n) is 5.87. The van der Waals surface area contributed by atoms with E-state index < -0.39 is 0 Å². The number of aryl methyl sites for hydroxylation is 2. The van der Waals surface area contributed by atoms with E-state index in [4.69, 9.17) is 5.73 Å². The van der Waals surface area contributed by atoms with E-state index in [0.717, 1.165) is 11.1 Å². The van der Waals surface area contributed by atoms with Crippen LogP contribution in [0.15, 0.2) is 18.5 Å². The van der Waals surface area contributed by atoms with Gasteiger partial charge in [0.25, 0.3) is 5.91 Å². The van der Waals surface area contributed by atoms with Crippen molar-refractivity contribution in [1.29, 1.82) is 0 Å². The van der Waals surface area contributed by atoms with Gasteiger partial charge < -0.3 is 11.1 Å². The summed E-state index contributed by atoms with van der Waals surface area (Å²) in [7, 11) is 1.80. The highest BCUT2D eigenvalue weighted by Crippen LogP contribution is 2.32. The zero-order chi connectivity index (χ0) is 14.3. The molecule has 3 heterocycles. The molecule has 3 N–H and O–H groups in total. The van der Waals surface area contributed by atoms with E-state index in [2.05, 4.69) is 20.6 Å². The number of carbonyl (C=O) groups is 1. The maximum Gasteiger partial charge on any atom is 0.268 e. The van der Waals surface area contributed by atoms with Gasteiger partial charge in [0, 0.05) is 18.6 Å². The fourth-order valence-corrected chi connectivity index (χ4v) is 2.88. The van der Waals surface area contributed by atoms with Crippen LogP contribution in [0.5, 0.6) is 0 Å². The number of carbonyl (C=O) groups excluding carboxylic acids is 1. The molecule has 0 aliphatic heterocycles. The van der Waals surface area contributed by atoms with Gasteiger partial charge >= 0.3 is 0 Å². The second kappa shape index (κ2) is 4.57. The molecule has 0 spiro atoms. The number of nitrogens with zero attached hydrogens (tertiary/aromatic N) is 4. The molecule has 0 radical (unpaired) electrons. The quantitative estimate of drug-likeness (QED) is 0.745. The Balaban J connectivity index is 1.96. The predicted octanol–water partition coefficient (Wildman–Crippen LogP) is 1.57. The summed E-state index contributed by atoms with van der Waals surface area (Å²) >= 11 is 1.23. The predicted molar refractivity (Wildman–Crippen MR) is 77.7 cm³/mol. The lowest BCUT2D eigenvalue weighted by Gasteiger charge is -2.02. The number of nitrogens with two attached hydrogens (primary N) is 1. The molecule has 0 bridgehead atoms. The molecule has 0 atom stereocenters. The van der Waals surface area contributed by atoms with Crippen LogP contribution in [0.1, 0.15) is 15.4 Å². The number of anilines is 2. The van der Waals surface area contributed by atoms with Crippen molar-refractivity contribution in [3.8, 4) is 0 Å². The van der Waals surface area contributed by atoms with Crippen LogP contribution in [-0.4, -0.2) is 25.9 Å². The van der Waals surface area contributed by atoms with E-state index in [-0.39, 0.29) is 5.91 Å². The zero-order valence-corrected chi connectivity index (χ0v) is 11.7. The Hall–Kier alpha value is -2.48. The number of rotatable bonds is 2. The molecule has 0 unspecified atom stereocenters. The van der Waals surface area contributed by atoms with Crippen molar-refractivity contribution in [1.82, 2.24) is 20.0 Å². The summed E-state index contributed by atoms with van der Waals surface area (Å²) in [6.45, 7) is 1.83. The van der Waals surface area contributed by atoms with Crippen LogP contribution < -0.4 is 11.1 Å². The van der Waals surface area contributed by atoms with Crippen LogP contribution in [0.3, 0.4) is 0 Å². The smallest absolute Gasteiger partial charge is 0.268 e. The van der Waals surface area contributed by atoms with E-state index in [1.54, 1.807) is 30.2 Å². The molecule has 0 aliphatic rings. The van der Waals surface area contributed by atoms with E-state index in [9.17, 15) is 4.79 Å². The first-order valence-corrected chi connectivity index (χ1v) is 6.69. The fourth-order valence-electron chi connectivity index (χ4n) is 1.94. The van der Waals surface area contributed by atoms with Crippen molar-refractivity contribution < 1.29 is 4.79 Å². The standard InChI is InChI=1S/C12H12N6OS/c1-6-8(5-18(2)17-6)15-11(19)10-9(13)7-3-4-14-16-12(7)20-10/h3-5H,13H2,1-2H3,(H,15,19). The number of hydrogen-bond donors (Lipinski definition) is 2. The molecule has 0 saturated heterocycles. The molecular formula is C12H12N6OS.